The molecule has 6 aliphatic heterocycles. The van der Waals surface area contributed by atoms with E-state index in [1.54, 1.807) is 0 Å². The van der Waals surface area contributed by atoms with E-state index in [0.29, 0.717) is 5.82 Å². The highest BCUT2D eigenvalue weighted by atomic mass is 16.6. The van der Waals surface area contributed by atoms with Gasteiger partial charge in [-0.3, -0.25) is 0 Å². The molecular weight excluding hydrogens is 720 g/mol. The van der Waals surface area contributed by atoms with Gasteiger partial charge in [0.15, 0.2) is 0 Å². The van der Waals surface area contributed by atoms with E-state index in [0.717, 1.165) is 0 Å². The number of nitrogens with two attached hydrogens (primary N) is 3. The first kappa shape index (κ1) is 37.9. The molecule has 3 saturated heterocycles. The molecule has 6 rings (SSSR count). The lowest BCUT2D eigenvalue weighted by molar-refractivity contribution is -0.0250. The molecule has 0 aromatic heterocycles. The van der Waals surface area contributed by atoms with Gasteiger partial charge in [-0.1, -0.05) is 19.7 Å². The minimum atomic E-state index is -2.25. The molecule has 24 heteroatoms. The van der Waals surface area contributed by atoms with Gasteiger partial charge in [0.1, 0.15) is 110 Å². The fourth-order valence-corrected chi connectivity index (χ4v) is 5.27. The maximum Gasteiger partial charge on any atom is 0.223 e. The van der Waals surface area contributed by atoms with Gasteiger partial charge in [0, 0.05) is 0 Å². The zero-order valence-electron chi connectivity index (χ0n) is 31.8. The van der Waals surface area contributed by atoms with E-state index < -0.39 is 93.0 Å². The Labute approximate surface area is 313 Å². The zero-order valence-corrected chi connectivity index (χ0v) is 28.8. The normalized spacial score (nSPS) is 40.9. The molecule has 0 bridgehead atoms. The van der Waals surface area contributed by atoms with Crippen molar-refractivity contribution in [2.45, 2.75) is 73.2 Å². The summed E-state index contributed by atoms with van der Waals surface area (Å²) in [4.78, 5) is 27.1. The zero-order chi connectivity index (χ0) is 42.6. The molecule has 0 aliphatic carbocycles. The van der Waals surface area contributed by atoms with Gasteiger partial charge in [0.25, 0.3) is 0 Å². The molecular formula is C30H48N12O12. The molecule has 6 heterocycles. The summed E-state index contributed by atoms with van der Waals surface area (Å²) in [6, 6.07) is 0. The van der Waals surface area contributed by atoms with Gasteiger partial charge in [0.05, 0.1) is 43.6 Å². The first-order valence-corrected chi connectivity index (χ1v) is 16.1. The van der Waals surface area contributed by atoms with Gasteiger partial charge in [0.2, 0.25) is 17.9 Å². The Morgan fingerprint density at radius 2 is 0.907 bits per heavy atom. The molecule has 300 valence electrons. The molecule has 0 spiro atoms. The highest BCUT2D eigenvalue weighted by molar-refractivity contribution is 5.90. The van der Waals surface area contributed by atoms with E-state index in [2.05, 4.69) is 49.7 Å². The molecule has 15 N–H and O–H groups in total. The van der Waals surface area contributed by atoms with Crippen molar-refractivity contribution in [3.8, 4) is 0 Å². The molecule has 0 amide bonds. The summed E-state index contributed by atoms with van der Waals surface area (Å²) < 4.78 is 39.1. The topological polar surface area (TPSA) is 372 Å². The predicted molar refractivity (Wildman–Crippen MR) is 191 cm³/mol. The number of aliphatic imine (C=N–C) groups is 6. The second-order valence-electron chi connectivity index (χ2n) is 12.0. The molecule has 24 nitrogen and oxygen atoms in total. The largest absolute Gasteiger partial charge is 0.394 e. The van der Waals surface area contributed by atoms with Crippen molar-refractivity contribution in [1.29, 1.82) is 0 Å². The number of ether oxygens (including phenoxy) is 3. The predicted octanol–water partition coefficient (Wildman–Crippen LogP) is -7.21. The first-order chi connectivity index (χ1) is 26.6. The third-order valence-corrected chi connectivity index (χ3v) is 8.29. The van der Waals surface area contributed by atoms with Gasteiger partial charge in [-0.15, -0.1) is 0 Å². The van der Waals surface area contributed by atoms with E-state index >= 15 is 0 Å². The Hall–Kier alpha value is -4.44. The number of hydrogen-bond acceptors (Lipinski definition) is 24. The summed E-state index contributed by atoms with van der Waals surface area (Å²) in [6.45, 7) is 9.35. The Balaban J connectivity index is 0.000000189. The van der Waals surface area contributed by atoms with Crippen LogP contribution in [-0.4, -0.2) is 210 Å². The van der Waals surface area contributed by atoms with Gasteiger partial charge in [-0.25, -0.2) is 15.0 Å². The van der Waals surface area contributed by atoms with E-state index in [1.165, 1.54) is 33.7 Å². The van der Waals surface area contributed by atoms with Crippen LogP contribution in [0.1, 0.15) is 4.11 Å². The fraction of sp³-hybridized carbons (Fsp3) is 0.600. The minimum absolute atomic E-state index is 0.00662. The van der Waals surface area contributed by atoms with Gasteiger partial charge in [-0.2, -0.15) is 15.0 Å². The van der Waals surface area contributed by atoms with Crippen molar-refractivity contribution in [1.82, 2.24) is 14.7 Å². The number of hydrogen-bond donors (Lipinski definition) is 12. The Morgan fingerprint density at radius 1 is 0.537 bits per heavy atom. The van der Waals surface area contributed by atoms with Crippen LogP contribution in [0.25, 0.3) is 0 Å². The van der Waals surface area contributed by atoms with Crippen molar-refractivity contribution >= 4 is 36.9 Å². The molecule has 0 aromatic carbocycles. The van der Waals surface area contributed by atoms with Crippen molar-refractivity contribution in [3.63, 3.8) is 0 Å². The van der Waals surface area contributed by atoms with Crippen LogP contribution in [0.5, 0.6) is 0 Å². The standard InChI is InChI=1S/3C10H16N4O4/c3*1-5-13-10(11)12-4-14(5)2-6-8(16)9(17)7(3-15)18-6/h3*4,6-9,15-17H,1-3H2,(H2,11,13)/t3*6-,7+,8+,9?/m000/s1/i9D;8D;6D. The third kappa shape index (κ3) is 10.2. The molecule has 0 saturated carbocycles. The molecule has 12 atom stereocenters. The summed E-state index contributed by atoms with van der Waals surface area (Å²) in [7, 11) is 0. The lowest BCUT2D eigenvalue weighted by Gasteiger charge is -2.25. The van der Waals surface area contributed by atoms with Crippen LogP contribution < -0.4 is 17.2 Å². The van der Waals surface area contributed by atoms with Crippen LogP contribution in [0.15, 0.2) is 67.2 Å². The van der Waals surface area contributed by atoms with E-state index in [-0.39, 0.29) is 49.2 Å². The Kier molecular flexibility index (Phi) is 13.1. The fourth-order valence-electron chi connectivity index (χ4n) is 5.27. The van der Waals surface area contributed by atoms with Crippen molar-refractivity contribution < 1.29 is 64.3 Å². The van der Waals surface area contributed by atoms with Crippen LogP contribution in [0.2, 0.25) is 0 Å². The lowest BCUT2D eigenvalue weighted by atomic mass is 10.1. The van der Waals surface area contributed by atoms with Crippen molar-refractivity contribution in [2.75, 3.05) is 39.5 Å². The molecule has 3 fully saturated rings. The summed E-state index contributed by atoms with van der Waals surface area (Å²) in [5.74, 6) is 1.01. The van der Waals surface area contributed by atoms with Crippen molar-refractivity contribution in [3.05, 3.63) is 37.2 Å². The summed E-state index contributed by atoms with van der Waals surface area (Å²) in [6.07, 6.45) is -13.1. The van der Waals surface area contributed by atoms with Crippen molar-refractivity contribution in [2.24, 2.45) is 47.2 Å². The Bertz CT molecular complexity index is 1700. The third-order valence-electron chi connectivity index (χ3n) is 8.29. The van der Waals surface area contributed by atoms with Gasteiger partial charge >= 0.3 is 0 Å². The van der Waals surface area contributed by atoms with Crippen LogP contribution in [0.3, 0.4) is 0 Å². The average molecular weight is 772 g/mol. The number of aliphatic hydroxyl groups is 9. The highest BCUT2D eigenvalue weighted by Crippen LogP contribution is 2.25. The van der Waals surface area contributed by atoms with Crippen LogP contribution in [0, 0.1) is 0 Å². The number of guanidine groups is 3. The number of aliphatic hydroxyl groups excluding tert-OH is 7. The van der Waals surface area contributed by atoms with E-state index in [4.69, 9.17) is 50.8 Å². The smallest absolute Gasteiger partial charge is 0.223 e. The minimum Gasteiger partial charge on any atom is -0.394 e. The SMILES string of the molecule is [2H]C1(O)[C@H](O)[C@H](CN2C=NC(N)=NC2=C)O[C@@H]1CO.[2H][C@@]1(CN2C=NC(N)=NC2=C)O[C@H](CO)C(O)[C@@H]1O.[2H][C@]1(O)C(O)[C@@H](CO)O[C@H]1CN1C=NC(N)=NC1=C. The number of nitrogens with zero attached hydrogens (tertiary/aromatic N) is 9. The first-order valence-electron chi connectivity index (χ1n) is 17.6. The van der Waals surface area contributed by atoms with E-state index in [1.807, 2.05) is 0 Å². The van der Waals surface area contributed by atoms with Gasteiger partial charge in [-0.05, 0) is 0 Å². The Morgan fingerprint density at radius 3 is 1.30 bits per heavy atom. The maximum atomic E-state index is 9.91. The molecule has 3 unspecified atom stereocenters. The highest BCUT2D eigenvalue weighted by Gasteiger charge is 2.45. The maximum absolute atomic E-state index is 9.91. The van der Waals surface area contributed by atoms with E-state index in [9.17, 15) is 30.6 Å². The van der Waals surface area contributed by atoms with Crippen LogP contribution in [-0.2, 0) is 14.2 Å². The molecule has 6 aliphatic rings. The quantitative estimate of drug-likeness (QED) is 0.104. The molecule has 0 aromatic rings. The summed E-state index contributed by atoms with van der Waals surface area (Å²) in [5, 5.41) is 85.7. The average Bonchev–Trinajstić information content (AvgIpc) is 3.61. The summed E-state index contributed by atoms with van der Waals surface area (Å²) in [5.41, 5.74) is 16.2. The number of rotatable bonds is 9. The van der Waals surface area contributed by atoms with Gasteiger partial charge < -0.3 is 92.1 Å². The second-order valence-corrected chi connectivity index (χ2v) is 12.0. The van der Waals surface area contributed by atoms with Crippen LogP contribution in [0.4, 0.5) is 0 Å². The second kappa shape index (κ2) is 18.7. The monoisotopic (exact) mass is 771 g/mol. The molecule has 54 heavy (non-hydrogen) atoms. The van der Waals surface area contributed by atoms with Crippen LogP contribution >= 0.6 is 0 Å². The summed E-state index contributed by atoms with van der Waals surface area (Å²) >= 11 is 0. The lowest BCUT2D eigenvalue weighted by Crippen LogP contribution is -2.40. The molecule has 0 radical (unpaired) electrons.